The zero-order valence-electron chi connectivity index (χ0n) is 8.84. The van der Waals surface area contributed by atoms with Crippen LogP contribution in [0.2, 0.25) is 0 Å². The molecule has 0 bridgehead atoms. The lowest BCUT2D eigenvalue weighted by Crippen LogP contribution is -2.06. The van der Waals surface area contributed by atoms with E-state index < -0.39 is 0 Å². The van der Waals surface area contributed by atoms with Gasteiger partial charge in [-0.2, -0.15) is 0 Å². The normalized spacial score (nSPS) is 10.9. The van der Waals surface area contributed by atoms with E-state index in [9.17, 15) is 4.39 Å². The summed E-state index contributed by atoms with van der Waals surface area (Å²) < 4.78 is 13.1. The van der Waals surface area contributed by atoms with E-state index in [1.165, 1.54) is 12.1 Å². The molecule has 15 heavy (non-hydrogen) atoms. The van der Waals surface area contributed by atoms with Gasteiger partial charge in [0.05, 0.1) is 5.52 Å². The van der Waals surface area contributed by atoms with Crippen LogP contribution in [0, 0.1) is 12.7 Å². The number of fused-ring (bicyclic) bond motifs is 1. The van der Waals surface area contributed by atoms with Crippen LogP contribution < -0.4 is 5.32 Å². The molecule has 0 aliphatic heterocycles. The van der Waals surface area contributed by atoms with E-state index in [1.54, 1.807) is 6.07 Å². The molecule has 1 aromatic carbocycles. The Balaban J connectivity index is 2.70. The first kappa shape index (κ1) is 10.1. The van der Waals surface area contributed by atoms with E-state index in [4.69, 9.17) is 0 Å². The Kier molecular flexibility index (Phi) is 2.64. The number of rotatable bonds is 2. The summed E-state index contributed by atoms with van der Waals surface area (Å²) in [6, 6.07) is 6.68. The molecular formula is C12H13FN2. The summed E-state index contributed by atoms with van der Waals surface area (Å²) in [6.45, 7) is 2.67. The van der Waals surface area contributed by atoms with E-state index in [1.807, 2.05) is 20.0 Å². The Morgan fingerprint density at radius 1 is 1.33 bits per heavy atom. The molecule has 1 heterocycles. The molecular weight excluding hydrogens is 191 g/mol. The molecule has 2 nitrogen and oxygen atoms in total. The van der Waals surface area contributed by atoms with Gasteiger partial charge in [0.25, 0.3) is 0 Å². The van der Waals surface area contributed by atoms with Gasteiger partial charge in [-0.25, -0.2) is 4.39 Å². The third kappa shape index (κ3) is 1.97. The molecule has 0 saturated heterocycles. The molecule has 0 radical (unpaired) electrons. The van der Waals surface area contributed by atoms with Crippen molar-refractivity contribution in [2.45, 2.75) is 13.5 Å². The first-order chi connectivity index (χ1) is 7.20. The minimum atomic E-state index is -0.217. The van der Waals surface area contributed by atoms with E-state index >= 15 is 0 Å². The van der Waals surface area contributed by atoms with Gasteiger partial charge in [0.2, 0.25) is 0 Å². The largest absolute Gasteiger partial charge is 0.316 e. The average Bonchev–Trinajstić information content (AvgIpc) is 2.19. The summed E-state index contributed by atoms with van der Waals surface area (Å²) in [4.78, 5) is 4.37. The molecule has 3 heteroatoms. The highest BCUT2D eigenvalue weighted by Gasteiger charge is 2.04. The molecule has 2 rings (SSSR count). The number of pyridine rings is 1. The summed E-state index contributed by atoms with van der Waals surface area (Å²) in [5.74, 6) is -0.217. The van der Waals surface area contributed by atoms with Gasteiger partial charge in [0.1, 0.15) is 5.82 Å². The van der Waals surface area contributed by atoms with Crippen molar-refractivity contribution in [3.63, 3.8) is 0 Å². The monoisotopic (exact) mass is 204 g/mol. The third-order valence-corrected chi connectivity index (χ3v) is 2.35. The second-order valence-electron chi connectivity index (χ2n) is 3.61. The second kappa shape index (κ2) is 3.95. The number of hydrogen-bond donors (Lipinski definition) is 1. The highest BCUT2D eigenvalue weighted by Crippen LogP contribution is 2.19. The lowest BCUT2D eigenvalue weighted by molar-refractivity contribution is 0.629. The maximum Gasteiger partial charge on any atom is 0.123 e. The number of nitrogens with zero attached hydrogens (tertiary/aromatic N) is 1. The lowest BCUT2D eigenvalue weighted by atomic mass is 10.1. The summed E-state index contributed by atoms with van der Waals surface area (Å²) in [5, 5.41) is 3.96. The second-order valence-corrected chi connectivity index (χ2v) is 3.61. The van der Waals surface area contributed by atoms with E-state index in [-0.39, 0.29) is 5.82 Å². The molecule has 0 unspecified atom stereocenters. The minimum Gasteiger partial charge on any atom is -0.316 e. The molecule has 0 atom stereocenters. The van der Waals surface area contributed by atoms with Crippen molar-refractivity contribution in [1.29, 1.82) is 0 Å². The van der Waals surface area contributed by atoms with Crippen LogP contribution in [-0.4, -0.2) is 12.0 Å². The lowest BCUT2D eigenvalue weighted by Gasteiger charge is -2.07. The number of benzene rings is 1. The smallest absolute Gasteiger partial charge is 0.123 e. The predicted molar refractivity (Wildman–Crippen MR) is 59.2 cm³/mol. The van der Waals surface area contributed by atoms with Crippen LogP contribution in [0.15, 0.2) is 24.3 Å². The zero-order valence-corrected chi connectivity index (χ0v) is 8.84. The first-order valence-corrected chi connectivity index (χ1v) is 4.91. The van der Waals surface area contributed by atoms with Gasteiger partial charge in [-0.1, -0.05) is 0 Å². The maximum absolute atomic E-state index is 13.1. The standard InChI is InChI=1S/C12H13FN2/c1-8-5-9(7-14-2)11-6-10(13)3-4-12(11)15-8/h3-6,14H,7H2,1-2H3. The van der Waals surface area contributed by atoms with Crippen molar-refractivity contribution in [3.05, 3.63) is 41.3 Å². The molecule has 78 valence electrons. The average molecular weight is 204 g/mol. The summed E-state index contributed by atoms with van der Waals surface area (Å²) in [5.41, 5.74) is 2.89. The fourth-order valence-electron chi connectivity index (χ4n) is 1.75. The number of nitrogens with one attached hydrogen (secondary N) is 1. The quantitative estimate of drug-likeness (QED) is 0.812. The number of halogens is 1. The van der Waals surface area contributed by atoms with E-state index in [0.717, 1.165) is 28.7 Å². The molecule has 1 aromatic heterocycles. The molecule has 0 amide bonds. The van der Waals surface area contributed by atoms with Crippen molar-refractivity contribution >= 4 is 10.9 Å². The van der Waals surface area contributed by atoms with Crippen LogP contribution in [0.25, 0.3) is 10.9 Å². The number of aryl methyl sites for hydroxylation is 1. The fraction of sp³-hybridized carbons (Fsp3) is 0.250. The van der Waals surface area contributed by atoms with Crippen molar-refractivity contribution in [1.82, 2.24) is 10.3 Å². The SMILES string of the molecule is CNCc1cc(C)nc2ccc(F)cc12. The van der Waals surface area contributed by atoms with Gasteiger partial charge in [-0.15, -0.1) is 0 Å². The number of hydrogen-bond acceptors (Lipinski definition) is 2. The summed E-state index contributed by atoms with van der Waals surface area (Å²) in [6.07, 6.45) is 0. The van der Waals surface area contributed by atoms with Crippen molar-refractivity contribution < 1.29 is 4.39 Å². The van der Waals surface area contributed by atoms with Gasteiger partial charge in [0.15, 0.2) is 0 Å². The Morgan fingerprint density at radius 2 is 2.13 bits per heavy atom. The van der Waals surface area contributed by atoms with Crippen LogP contribution in [0.4, 0.5) is 4.39 Å². The van der Waals surface area contributed by atoms with Crippen molar-refractivity contribution in [2.24, 2.45) is 0 Å². The Labute approximate surface area is 88.1 Å². The summed E-state index contributed by atoms with van der Waals surface area (Å²) in [7, 11) is 1.88. The van der Waals surface area contributed by atoms with Gasteiger partial charge < -0.3 is 5.32 Å². The van der Waals surface area contributed by atoms with Gasteiger partial charge in [-0.05, 0) is 43.8 Å². The van der Waals surface area contributed by atoms with Gasteiger partial charge in [-0.3, -0.25) is 4.98 Å². The molecule has 1 N–H and O–H groups in total. The predicted octanol–water partition coefficient (Wildman–Crippen LogP) is 2.40. The van der Waals surface area contributed by atoms with Crippen LogP contribution >= 0.6 is 0 Å². The molecule has 2 aromatic rings. The fourth-order valence-corrected chi connectivity index (χ4v) is 1.75. The van der Waals surface area contributed by atoms with Crippen molar-refractivity contribution in [2.75, 3.05) is 7.05 Å². The van der Waals surface area contributed by atoms with Gasteiger partial charge in [0, 0.05) is 17.6 Å². The first-order valence-electron chi connectivity index (χ1n) is 4.91. The highest BCUT2D eigenvalue weighted by atomic mass is 19.1. The Hall–Kier alpha value is -1.48. The third-order valence-electron chi connectivity index (χ3n) is 2.35. The Bertz CT molecular complexity index is 494. The van der Waals surface area contributed by atoms with Crippen molar-refractivity contribution in [3.8, 4) is 0 Å². The highest BCUT2D eigenvalue weighted by molar-refractivity contribution is 5.82. The Morgan fingerprint density at radius 3 is 2.87 bits per heavy atom. The molecule has 0 fully saturated rings. The van der Waals surface area contributed by atoms with Gasteiger partial charge >= 0.3 is 0 Å². The summed E-state index contributed by atoms with van der Waals surface area (Å²) >= 11 is 0. The van der Waals surface area contributed by atoms with Crippen LogP contribution in [-0.2, 0) is 6.54 Å². The van der Waals surface area contributed by atoms with E-state index in [2.05, 4.69) is 10.3 Å². The number of aromatic nitrogens is 1. The van der Waals surface area contributed by atoms with Crippen LogP contribution in [0.5, 0.6) is 0 Å². The molecule has 0 saturated carbocycles. The van der Waals surface area contributed by atoms with E-state index in [0.29, 0.717) is 0 Å². The molecule has 0 spiro atoms. The zero-order chi connectivity index (χ0) is 10.8. The van der Waals surface area contributed by atoms with Crippen LogP contribution in [0.3, 0.4) is 0 Å². The molecule has 0 aliphatic carbocycles. The maximum atomic E-state index is 13.1. The molecule has 0 aliphatic rings. The van der Waals surface area contributed by atoms with Crippen LogP contribution in [0.1, 0.15) is 11.3 Å². The topological polar surface area (TPSA) is 24.9 Å². The minimum absolute atomic E-state index is 0.217.